The topological polar surface area (TPSA) is 115 Å². The predicted molar refractivity (Wildman–Crippen MR) is 73.1 cm³/mol. The average molecular weight is 304 g/mol. The summed E-state index contributed by atoms with van der Waals surface area (Å²) < 4.78 is 26.3. The molecule has 0 aliphatic carbocycles. The second-order valence-corrected chi connectivity index (χ2v) is 6.26. The zero-order chi connectivity index (χ0) is 15.3. The fraction of sp³-hybridized carbons (Fsp3) is 0.636. The van der Waals surface area contributed by atoms with Crippen LogP contribution in [-0.4, -0.2) is 60.8 Å². The number of sulfonamides is 1. The van der Waals surface area contributed by atoms with E-state index in [1.54, 1.807) is 0 Å². The Balaban J connectivity index is 2.67. The maximum atomic E-state index is 12.0. The highest BCUT2D eigenvalue weighted by molar-refractivity contribution is 7.89. The van der Waals surface area contributed by atoms with E-state index in [4.69, 9.17) is 5.11 Å². The van der Waals surface area contributed by atoms with Gasteiger partial charge in [-0.1, -0.05) is 6.92 Å². The van der Waals surface area contributed by atoms with Gasteiger partial charge in [0.25, 0.3) is 10.0 Å². The minimum Gasteiger partial charge on any atom is -0.478 e. The molecule has 0 amide bonds. The molecule has 0 saturated carbocycles. The van der Waals surface area contributed by atoms with Crippen molar-refractivity contribution in [2.75, 3.05) is 20.1 Å². The summed E-state index contributed by atoms with van der Waals surface area (Å²) >= 11 is 0. The maximum Gasteiger partial charge on any atom is 0.340 e. The van der Waals surface area contributed by atoms with Crippen LogP contribution in [0.4, 0.5) is 0 Å². The lowest BCUT2D eigenvalue weighted by atomic mass is 10.2. The molecule has 9 heteroatoms. The van der Waals surface area contributed by atoms with Gasteiger partial charge in [-0.2, -0.15) is 5.10 Å². The van der Waals surface area contributed by atoms with E-state index in [1.165, 1.54) is 0 Å². The lowest BCUT2D eigenvalue weighted by Gasteiger charge is -2.23. The number of aromatic nitrogens is 2. The van der Waals surface area contributed by atoms with Crippen molar-refractivity contribution in [3.8, 4) is 0 Å². The van der Waals surface area contributed by atoms with Gasteiger partial charge in [-0.25, -0.2) is 17.9 Å². The third-order valence-electron chi connectivity index (χ3n) is 3.20. The van der Waals surface area contributed by atoms with Gasteiger partial charge in [-0.3, -0.25) is 5.10 Å². The number of hydrogen-bond acceptors (Lipinski definition) is 5. The molecular weight excluding hydrogens is 284 g/mol. The largest absolute Gasteiger partial charge is 0.478 e. The molecule has 0 aliphatic heterocycles. The molecule has 0 bridgehead atoms. The fourth-order valence-electron chi connectivity index (χ4n) is 1.59. The van der Waals surface area contributed by atoms with Gasteiger partial charge in [-0.15, -0.1) is 0 Å². The molecule has 1 heterocycles. The van der Waals surface area contributed by atoms with Crippen LogP contribution in [0.3, 0.4) is 0 Å². The first-order valence-corrected chi connectivity index (χ1v) is 7.74. The van der Waals surface area contributed by atoms with Crippen molar-refractivity contribution in [2.24, 2.45) is 0 Å². The molecule has 0 spiro atoms. The first kappa shape index (κ1) is 16.6. The van der Waals surface area contributed by atoms with E-state index in [2.05, 4.69) is 21.8 Å². The standard InChI is InChI=1S/C11H20N4O4S/c1-4-8(2)15(3)6-5-13-20(18,19)10-9(11(16)17)7-12-14-10/h7-8,13H,4-6H2,1-3H3,(H,12,14)(H,16,17). The molecule has 1 atom stereocenters. The first-order chi connectivity index (χ1) is 9.29. The fourth-order valence-corrected chi connectivity index (χ4v) is 2.70. The van der Waals surface area contributed by atoms with Crippen LogP contribution in [0.5, 0.6) is 0 Å². The van der Waals surface area contributed by atoms with Gasteiger partial charge in [0.1, 0.15) is 5.56 Å². The Morgan fingerprint density at radius 1 is 1.60 bits per heavy atom. The van der Waals surface area contributed by atoms with Crippen molar-refractivity contribution in [1.82, 2.24) is 19.8 Å². The lowest BCUT2D eigenvalue weighted by Crippen LogP contribution is -2.37. The first-order valence-electron chi connectivity index (χ1n) is 6.26. The summed E-state index contributed by atoms with van der Waals surface area (Å²) in [6.07, 6.45) is 1.94. The van der Waals surface area contributed by atoms with Crippen LogP contribution >= 0.6 is 0 Å². The van der Waals surface area contributed by atoms with Crippen LogP contribution in [-0.2, 0) is 10.0 Å². The third kappa shape index (κ3) is 4.02. The van der Waals surface area contributed by atoms with E-state index in [1.807, 2.05) is 18.9 Å². The smallest absolute Gasteiger partial charge is 0.340 e. The number of likely N-dealkylation sites (N-methyl/N-ethyl adjacent to an activating group) is 1. The Morgan fingerprint density at radius 2 is 2.25 bits per heavy atom. The van der Waals surface area contributed by atoms with Gasteiger partial charge >= 0.3 is 5.97 Å². The van der Waals surface area contributed by atoms with E-state index in [9.17, 15) is 13.2 Å². The minimum absolute atomic E-state index is 0.196. The monoisotopic (exact) mass is 304 g/mol. The zero-order valence-electron chi connectivity index (χ0n) is 11.8. The summed E-state index contributed by atoms with van der Waals surface area (Å²) in [6, 6.07) is 0.348. The summed E-state index contributed by atoms with van der Waals surface area (Å²) in [5.41, 5.74) is -0.368. The van der Waals surface area contributed by atoms with Crippen LogP contribution in [0.2, 0.25) is 0 Å². The minimum atomic E-state index is -3.90. The Hall–Kier alpha value is -1.45. The summed E-state index contributed by atoms with van der Waals surface area (Å²) in [6.45, 7) is 4.83. The third-order valence-corrected chi connectivity index (χ3v) is 4.64. The van der Waals surface area contributed by atoms with Crippen LogP contribution in [0.1, 0.15) is 30.6 Å². The Labute approximate surface area is 118 Å². The number of aromatic carboxylic acids is 1. The molecule has 114 valence electrons. The van der Waals surface area contributed by atoms with Crippen molar-refractivity contribution in [2.45, 2.75) is 31.3 Å². The van der Waals surface area contributed by atoms with Gasteiger partial charge in [0.2, 0.25) is 0 Å². The Morgan fingerprint density at radius 3 is 2.80 bits per heavy atom. The SMILES string of the molecule is CCC(C)N(C)CCNS(=O)(=O)c1[nH]ncc1C(=O)O. The quantitative estimate of drug-likeness (QED) is 0.628. The van der Waals surface area contributed by atoms with Gasteiger partial charge in [0.15, 0.2) is 5.03 Å². The highest BCUT2D eigenvalue weighted by Gasteiger charge is 2.24. The molecule has 3 N–H and O–H groups in total. The number of carboxylic acids is 1. The van der Waals surface area contributed by atoms with E-state index in [0.29, 0.717) is 12.6 Å². The summed E-state index contributed by atoms with van der Waals surface area (Å²) in [4.78, 5) is 12.9. The van der Waals surface area contributed by atoms with Gasteiger partial charge < -0.3 is 10.0 Å². The van der Waals surface area contributed by atoms with Crippen LogP contribution in [0, 0.1) is 0 Å². The zero-order valence-corrected chi connectivity index (χ0v) is 12.6. The number of carbonyl (C=O) groups is 1. The van der Waals surface area contributed by atoms with Crippen molar-refractivity contribution in [1.29, 1.82) is 0 Å². The van der Waals surface area contributed by atoms with Crippen LogP contribution < -0.4 is 4.72 Å². The second-order valence-electron chi connectivity index (χ2n) is 4.55. The van der Waals surface area contributed by atoms with Crippen LogP contribution in [0.25, 0.3) is 0 Å². The van der Waals surface area contributed by atoms with Crippen molar-refractivity contribution in [3.05, 3.63) is 11.8 Å². The van der Waals surface area contributed by atoms with E-state index in [-0.39, 0.29) is 12.1 Å². The number of nitrogens with zero attached hydrogens (tertiary/aromatic N) is 2. The highest BCUT2D eigenvalue weighted by atomic mass is 32.2. The predicted octanol–water partition coefficient (Wildman–Crippen LogP) is 0.117. The van der Waals surface area contributed by atoms with Gasteiger partial charge in [-0.05, 0) is 20.4 Å². The molecule has 1 unspecified atom stereocenters. The van der Waals surface area contributed by atoms with E-state index in [0.717, 1.165) is 12.6 Å². The van der Waals surface area contributed by atoms with Crippen molar-refractivity contribution < 1.29 is 18.3 Å². The number of nitrogens with one attached hydrogen (secondary N) is 2. The number of aromatic amines is 1. The molecule has 20 heavy (non-hydrogen) atoms. The summed E-state index contributed by atoms with van der Waals surface area (Å²) in [7, 11) is -1.99. The molecule has 0 radical (unpaired) electrons. The second kappa shape index (κ2) is 6.82. The van der Waals surface area contributed by atoms with Crippen molar-refractivity contribution >= 4 is 16.0 Å². The molecule has 1 aromatic rings. The highest BCUT2D eigenvalue weighted by Crippen LogP contribution is 2.11. The molecule has 0 fully saturated rings. The number of H-pyrrole nitrogens is 1. The van der Waals surface area contributed by atoms with E-state index < -0.39 is 21.0 Å². The van der Waals surface area contributed by atoms with E-state index >= 15 is 0 Å². The summed E-state index contributed by atoms with van der Waals surface area (Å²) in [5.74, 6) is -1.34. The average Bonchev–Trinajstić information content (AvgIpc) is 2.87. The van der Waals surface area contributed by atoms with Crippen molar-refractivity contribution in [3.63, 3.8) is 0 Å². The number of carboxylic acid groups (broad SMARTS) is 1. The molecule has 0 saturated heterocycles. The molecule has 1 rings (SSSR count). The number of rotatable bonds is 8. The Bertz CT molecular complexity index is 555. The molecule has 8 nitrogen and oxygen atoms in total. The molecule has 1 aromatic heterocycles. The molecule has 0 aromatic carbocycles. The van der Waals surface area contributed by atoms with Gasteiger partial charge in [0, 0.05) is 19.1 Å². The Kier molecular flexibility index (Phi) is 5.66. The molecule has 0 aliphatic rings. The summed E-state index contributed by atoms with van der Waals surface area (Å²) in [5, 5.41) is 14.1. The van der Waals surface area contributed by atoms with Gasteiger partial charge in [0.05, 0.1) is 6.20 Å². The van der Waals surface area contributed by atoms with Crippen LogP contribution in [0.15, 0.2) is 11.2 Å². The number of hydrogen-bond donors (Lipinski definition) is 3. The maximum absolute atomic E-state index is 12.0. The normalized spacial score (nSPS) is 13.6. The molecular formula is C11H20N4O4S. The lowest BCUT2D eigenvalue weighted by molar-refractivity contribution is 0.0692.